The number of aromatic nitrogens is 3. The molecule has 10 aromatic rings. The molecule has 266 valence electrons. The molecular formula is C53H33N3O. The predicted octanol–water partition coefficient (Wildman–Crippen LogP) is 13.0. The van der Waals surface area contributed by atoms with E-state index in [2.05, 4.69) is 193 Å². The summed E-state index contributed by atoms with van der Waals surface area (Å²) in [5.74, 6) is 2.20. The fraction of sp³-hybridized carbons (Fsp3) is 0.0189. The molecule has 1 spiro atoms. The first-order valence-corrected chi connectivity index (χ1v) is 19.4. The molecule has 4 nitrogen and oxygen atoms in total. The molecule has 0 N–H and O–H groups in total. The van der Waals surface area contributed by atoms with Crippen LogP contribution >= 0.6 is 0 Å². The van der Waals surface area contributed by atoms with Crippen molar-refractivity contribution in [1.82, 2.24) is 14.5 Å². The fourth-order valence-corrected chi connectivity index (χ4v) is 9.51. The summed E-state index contributed by atoms with van der Waals surface area (Å²) in [4.78, 5) is 10.6. The Morgan fingerprint density at radius 1 is 0.404 bits per heavy atom. The third-order valence-electron chi connectivity index (χ3n) is 11.9. The maximum absolute atomic E-state index is 7.23. The summed E-state index contributed by atoms with van der Waals surface area (Å²) in [6, 6.07) is 71.1. The number of fused-ring (bicyclic) bond motifs is 12. The number of ether oxygens (including phenoxy) is 1. The third-order valence-corrected chi connectivity index (χ3v) is 11.9. The van der Waals surface area contributed by atoms with Crippen LogP contribution < -0.4 is 4.74 Å². The Labute approximate surface area is 330 Å². The molecule has 0 saturated carbocycles. The Bertz CT molecular complexity index is 3060. The molecule has 2 aliphatic rings. The minimum absolute atomic E-state index is 0.618. The molecule has 3 heterocycles. The van der Waals surface area contributed by atoms with Gasteiger partial charge in [0.05, 0.1) is 33.4 Å². The highest BCUT2D eigenvalue weighted by molar-refractivity contribution is 6.09. The van der Waals surface area contributed by atoms with E-state index in [-0.39, 0.29) is 0 Å². The lowest BCUT2D eigenvalue weighted by molar-refractivity contribution is 0.437. The zero-order chi connectivity index (χ0) is 37.5. The molecule has 2 aromatic heterocycles. The van der Waals surface area contributed by atoms with Crippen molar-refractivity contribution in [2.75, 3.05) is 0 Å². The Morgan fingerprint density at radius 2 is 0.912 bits per heavy atom. The van der Waals surface area contributed by atoms with E-state index in [9.17, 15) is 0 Å². The number of para-hydroxylation sites is 3. The first-order chi connectivity index (χ1) is 28.3. The largest absolute Gasteiger partial charge is 0.456 e. The van der Waals surface area contributed by atoms with Crippen LogP contribution in [0, 0.1) is 0 Å². The van der Waals surface area contributed by atoms with Crippen LogP contribution in [-0.2, 0) is 5.41 Å². The van der Waals surface area contributed by atoms with Crippen LogP contribution in [0.4, 0.5) is 0 Å². The van der Waals surface area contributed by atoms with Crippen LogP contribution in [-0.4, -0.2) is 14.5 Å². The van der Waals surface area contributed by atoms with Gasteiger partial charge in [-0.3, -0.25) is 0 Å². The summed E-state index contributed by atoms with van der Waals surface area (Å²) in [6.07, 6.45) is 0. The van der Waals surface area contributed by atoms with E-state index < -0.39 is 5.41 Å². The highest BCUT2D eigenvalue weighted by Crippen LogP contribution is 2.63. The van der Waals surface area contributed by atoms with E-state index in [4.69, 9.17) is 14.7 Å². The second kappa shape index (κ2) is 12.2. The molecule has 1 aliphatic heterocycles. The molecule has 0 atom stereocenters. The van der Waals surface area contributed by atoms with Crippen LogP contribution in [0.2, 0.25) is 0 Å². The Hall–Kier alpha value is -7.56. The fourth-order valence-electron chi connectivity index (χ4n) is 9.51. The van der Waals surface area contributed by atoms with E-state index in [0.29, 0.717) is 5.82 Å². The molecule has 0 unspecified atom stereocenters. The molecule has 0 fully saturated rings. The summed E-state index contributed by atoms with van der Waals surface area (Å²) in [5.41, 5.74) is 14.5. The standard InChI is InChI=1S/C53H33N3O/c1-3-16-34(17-4-1)46-33-47(35-18-5-2-6-19-35)55-52(54-46)41-24-15-27-44-51(41)57-50-31-30-36(56-48-28-13-9-22-39(48)40-23-10-14-29-49(40)56)32-45(50)53(44)42-25-11-7-20-37(42)38-21-8-12-26-43(38)53/h1-33H. The van der Waals surface area contributed by atoms with Gasteiger partial charge in [-0.15, -0.1) is 0 Å². The normalized spacial score (nSPS) is 13.2. The van der Waals surface area contributed by atoms with Crippen molar-refractivity contribution in [2.24, 2.45) is 0 Å². The second-order valence-corrected chi connectivity index (χ2v) is 14.9. The van der Waals surface area contributed by atoms with Gasteiger partial charge in [-0.2, -0.15) is 0 Å². The van der Waals surface area contributed by atoms with Gasteiger partial charge in [0, 0.05) is 38.7 Å². The van der Waals surface area contributed by atoms with Crippen LogP contribution in [0.5, 0.6) is 11.5 Å². The summed E-state index contributed by atoms with van der Waals surface area (Å²) < 4.78 is 9.62. The molecule has 0 saturated heterocycles. The molecule has 0 radical (unpaired) electrons. The van der Waals surface area contributed by atoms with Gasteiger partial charge in [-0.1, -0.05) is 158 Å². The van der Waals surface area contributed by atoms with Crippen LogP contribution in [0.1, 0.15) is 22.3 Å². The number of nitrogens with zero attached hydrogens (tertiary/aromatic N) is 3. The van der Waals surface area contributed by atoms with Gasteiger partial charge in [0.15, 0.2) is 5.82 Å². The van der Waals surface area contributed by atoms with E-state index in [1.54, 1.807) is 0 Å². The summed E-state index contributed by atoms with van der Waals surface area (Å²) in [5, 5.41) is 2.46. The highest BCUT2D eigenvalue weighted by Gasteiger charge is 2.51. The molecular weight excluding hydrogens is 695 g/mol. The first kappa shape index (κ1) is 31.8. The summed E-state index contributed by atoms with van der Waals surface area (Å²) in [7, 11) is 0. The smallest absolute Gasteiger partial charge is 0.164 e. The van der Waals surface area contributed by atoms with Gasteiger partial charge >= 0.3 is 0 Å². The zero-order valence-electron chi connectivity index (χ0n) is 30.8. The molecule has 4 heteroatoms. The van der Waals surface area contributed by atoms with Crippen molar-refractivity contribution in [1.29, 1.82) is 0 Å². The summed E-state index contributed by atoms with van der Waals surface area (Å²) in [6.45, 7) is 0. The van der Waals surface area contributed by atoms with E-state index in [1.807, 2.05) is 12.1 Å². The Balaban J connectivity index is 1.15. The highest BCUT2D eigenvalue weighted by atomic mass is 16.5. The summed E-state index contributed by atoms with van der Waals surface area (Å²) >= 11 is 0. The average molecular weight is 728 g/mol. The predicted molar refractivity (Wildman–Crippen MR) is 230 cm³/mol. The lowest BCUT2D eigenvalue weighted by atomic mass is 9.65. The molecule has 57 heavy (non-hydrogen) atoms. The van der Waals surface area contributed by atoms with Gasteiger partial charge in [0.1, 0.15) is 11.5 Å². The molecule has 12 rings (SSSR count). The van der Waals surface area contributed by atoms with Gasteiger partial charge in [-0.05, 0) is 64.7 Å². The topological polar surface area (TPSA) is 39.9 Å². The number of hydrogen-bond donors (Lipinski definition) is 0. The lowest BCUT2D eigenvalue weighted by Crippen LogP contribution is -2.32. The molecule has 8 aromatic carbocycles. The lowest BCUT2D eigenvalue weighted by Gasteiger charge is -2.40. The van der Waals surface area contributed by atoms with Crippen molar-refractivity contribution in [3.05, 3.63) is 222 Å². The van der Waals surface area contributed by atoms with E-state index in [0.717, 1.165) is 56.4 Å². The molecule has 0 bridgehead atoms. The zero-order valence-corrected chi connectivity index (χ0v) is 30.8. The average Bonchev–Trinajstić information content (AvgIpc) is 3.78. The number of benzene rings is 8. The minimum Gasteiger partial charge on any atom is -0.456 e. The quantitative estimate of drug-likeness (QED) is 0.181. The van der Waals surface area contributed by atoms with Crippen molar-refractivity contribution in [3.63, 3.8) is 0 Å². The number of hydrogen-bond acceptors (Lipinski definition) is 3. The second-order valence-electron chi connectivity index (χ2n) is 14.9. The minimum atomic E-state index is -0.680. The molecule has 0 amide bonds. The Kier molecular flexibility index (Phi) is 6.81. The van der Waals surface area contributed by atoms with Crippen LogP contribution in [0.25, 0.3) is 72.5 Å². The van der Waals surface area contributed by atoms with Crippen molar-refractivity contribution >= 4 is 21.8 Å². The van der Waals surface area contributed by atoms with Gasteiger partial charge in [-0.25, -0.2) is 9.97 Å². The van der Waals surface area contributed by atoms with Gasteiger partial charge in [0.25, 0.3) is 0 Å². The van der Waals surface area contributed by atoms with Crippen LogP contribution in [0.15, 0.2) is 200 Å². The maximum atomic E-state index is 7.23. The van der Waals surface area contributed by atoms with Gasteiger partial charge in [0.2, 0.25) is 0 Å². The van der Waals surface area contributed by atoms with E-state index >= 15 is 0 Å². The number of rotatable bonds is 4. The van der Waals surface area contributed by atoms with E-state index in [1.165, 1.54) is 44.1 Å². The van der Waals surface area contributed by atoms with Crippen molar-refractivity contribution in [2.45, 2.75) is 5.41 Å². The van der Waals surface area contributed by atoms with Gasteiger partial charge < -0.3 is 9.30 Å². The molecule has 1 aliphatic carbocycles. The van der Waals surface area contributed by atoms with Crippen molar-refractivity contribution < 1.29 is 4.74 Å². The Morgan fingerprint density at radius 3 is 1.53 bits per heavy atom. The maximum Gasteiger partial charge on any atom is 0.164 e. The monoisotopic (exact) mass is 727 g/mol. The first-order valence-electron chi connectivity index (χ1n) is 19.4. The van der Waals surface area contributed by atoms with Crippen LogP contribution in [0.3, 0.4) is 0 Å². The third kappa shape index (κ3) is 4.56. The SMILES string of the molecule is c1ccc(-c2cc(-c3ccccc3)nc(-c3cccc4c3Oc3ccc(-n5c6ccccc6c6ccccc65)cc3C43c4ccccc4-c4ccccc43)n2)cc1. The van der Waals surface area contributed by atoms with Crippen molar-refractivity contribution in [3.8, 4) is 62.2 Å².